The van der Waals surface area contributed by atoms with Crippen LogP contribution in [-0.4, -0.2) is 98.4 Å². The largest absolute Gasteiger partial charge is 0.453 e. The van der Waals surface area contributed by atoms with Crippen molar-refractivity contribution in [2.24, 2.45) is 17.3 Å². The predicted octanol–water partition coefficient (Wildman–Crippen LogP) is 7.23. The molecule has 4 heterocycles. The number of carbonyl (C=O) groups is 5. The molecular formula is C48H50N8O7. The second-order valence-corrected chi connectivity index (χ2v) is 18.2. The van der Waals surface area contributed by atoms with E-state index in [4.69, 9.17) is 19.4 Å². The number of fused-ring (bicyclic) bond motifs is 6. The predicted molar refractivity (Wildman–Crippen MR) is 233 cm³/mol. The summed E-state index contributed by atoms with van der Waals surface area (Å²) < 4.78 is 9.57. The van der Waals surface area contributed by atoms with Crippen molar-refractivity contribution < 1.29 is 33.4 Å². The summed E-state index contributed by atoms with van der Waals surface area (Å²) in [6.07, 6.45) is 7.47. The van der Waals surface area contributed by atoms with Gasteiger partial charge in [0, 0.05) is 29.3 Å². The number of piperidine rings is 1. The number of benzene rings is 3. The summed E-state index contributed by atoms with van der Waals surface area (Å²) >= 11 is 0. The Kier molecular flexibility index (Phi) is 9.75. The summed E-state index contributed by atoms with van der Waals surface area (Å²) in [5.74, 6) is 1.07. The van der Waals surface area contributed by atoms with Crippen molar-refractivity contribution in [3.05, 3.63) is 96.2 Å². The molecule has 324 valence electrons. The molecule has 2 bridgehead atoms. The van der Waals surface area contributed by atoms with E-state index in [9.17, 15) is 24.0 Å². The van der Waals surface area contributed by atoms with Crippen LogP contribution in [0.15, 0.2) is 73.4 Å². The van der Waals surface area contributed by atoms with Crippen LogP contribution < -0.4 is 10.6 Å². The van der Waals surface area contributed by atoms with E-state index in [1.165, 1.54) is 20.3 Å². The molecule has 6 atom stereocenters. The average Bonchev–Trinajstić information content (AvgIpc) is 3.97. The first-order chi connectivity index (χ1) is 30.4. The van der Waals surface area contributed by atoms with Gasteiger partial charge in [-0.3, -0.25) is 14.4 Å². The molecule has 2 aromatic heterocycles. The van der Waals surface area contributed by atoms with Gasteiger partial charge in [0.2, 0.25) is 11.8 Å². The number of rotatable bonds is 10. The minimum absolute atomic E-state index is 0.0464. The summed E-state index contributed by atoms with van der Waals surface area (Å²) in [7, 11) is 2.55. The molecule has 1 spiro atoms. The minimum Gasteiger partial charge on any atom is -0.453 e. The minimum atomic E-state index is -0.932. The first kappa shape index (κ1) is 40.3. The van der Waals surface area contributed by atoms with Crippen molar-refractivity contribution in [3.8, 4) is 33.5 Å². The van der Waals surface area contributed by atoms with Gasteiger partial charge >= 0.3 is 12.2 Å². The molecule has 3 aromatic carbocycles. The Hall–Kier alpha value is -6.77. The number of nitrogens with one attached hydrogen (secondary N) is 4. The van der Waals surface area contributed by atoms with Crippen LogP contribution in [0.4, 0.5) is 9.59 Å². The van der Waals surface area contributed by atoms with Crippen molar-refractivity contribution in [1.82, 2.24) is 40.4 Å². The van der Waals surface area contributed by atoms with Gasteiger partial charge in [-0.25, -0.2) is 19.6 Å². The van der Waals surface area contributed by atoms with Crippen molar-refractivity contribution in [3.63, 3.8) is 0 Å². The number of aromatic amines is 2. The maximum absolute atomic E-state index is 14.1. The maximum atomic E-state index is 14.1. The molecule has 5 aromatic rings. The van der Waals surface area contributed by atoms with Gasteiger partial charge in [0.25, 0.3) is 0 Å². The number of ether oxygens (including phenoxy) is 2. The Morgan fingerprint density at radius 3 is 2.24 bits per heavy atom. The number of nitrogens with zero attached hydrogens (tertiary/aromatic N) is 4. The van der Waals surface area contributed by atoms with E-state index in [0.29, 0.717) is 23.5 Å². The fraction of sp³-hybridized carbons (Fsp3) is 0.396. The number of aromatic nitrogens is 4. The number of amides is 4. The monoisotopic (exact) mass is 850 g/mol. The zero-order chi connectivity index (χ0) is 43.9. The number of hydrogen-bond acceptors (Lipinski definition) is 9. The van der Waals surface area contributed by atoms with Crippen LogP contribution in [0.1, 0.15) is 92.0 Å². The summed E-state index contributed by atoms with van der Waals surface area (Å²) in [4.78, 5) is 86.5. The number of methoxy groups -OCH3 is 2. The molecular weight excluding hydrogens is 801 g/mol. The molecule has 63 heavy (non-hydrogen) atoms. The van der Waals surface area contributed by atoms with Crippen molar-refractivity contribution >= 4 is 40.8 Å². The second-order valence-electron chi connectivity index (χ2n) is 18.2. The molecule has 5 aliphatic rings. The molecule has 4 N–H and O–H groups in total. The molecule has 2 saturated heterocycles. The summed E-state index contributed by atoms with van der Waals surface area (Å²) in [6.45, 7) is 8.17. The van der Waals surface area contributed by atoms with Gasteiger partial charge in [0.15, 0.2) is 5.78 Å². The fourth-order valence-corrected chi connectivity index (χ4v) is 10.6. The van der Waals surface area contributed by atoms with Crippen LogP contribution in [0, 0.1) is 17.3 Å². The van der Waals surface area contributed by atoms with Crippen LogP contribution >= 0.6 is 0 Å². The Balaban J connectivity index is 0.881. The lowest BCUT2D eigenvalue weighted by atomic mass is 9.95. The highest BCUT2D eigenvalue weighted by atomic mass is 16.5. The van der Waals surface area contributed by atoms with E-state index >= 15 is 0 Å². The fourth-order valence-electron chi connectivity index (χ4n) is 10.6. The molecule has 0 unspecified atom stereocenters. The standard InChI is InChI=1S/C48H50N8O7/c1-6-34(53-46(60)62-4)44(58)55-23-48(15-16-48)21-38(55)42-49-22-37(52-42)27-9-13-31-30-12-8-25(18-32(30)41(57)33(31)19-27)26-10-14-35-36(20-26)51-43(50-35)40-28-7-11-29(17-28)56(40)45(59)39(24(2)3)54-47(61)63-5/h6,8-10,12-14,18-20,22,24,28-29,34,38-40H,1,7,11,15-17,21,23H2,2-5H3,(H,49,52)(H,50,51)(H,53,60)(H,54,61)/t28-,29+,34+,38-,39-,40-/m0/s1. The van der Waals surface area contributed by atoms with Gasteiger partial charge in [0.1, 0.15) is 23.7 Å². The van der Waals surface area contributed by atoms with Crippen LogP contribution in [0.5, 0.6) is 0 Å². The second kappa shape index (κ2) is 15.2. The third-order valence-corrected chi connectivity index (χ3v) is 14.1. The topological polar surface area (TPSA) is 192 Å². The molecule has 15 nitrogen and oxygen atoms in total. The molecule has 0 radical (unpaired) electrons. The Bertz CT molecular complexity index is 2730. The Labute approximate surface area is 364 Å². The van der Waals surface area contributed by atoms with Crippen LogP contribution in [0.3, 0.4) is 0 Å². The van der Waals surface area contributed by atoms with E-state index < -0.39 is 24.3 Å². The SMILES string of the molecule is C=C[C@@H](NC(=O)OC)C(=O)N1CC2(CC2)C[C@H]1c1ncc(-c2ccc3c(c2)C(=O)c2cc(-c4ccc5nc([C@@H]6[C@H]7CC[C@H](C7)N6C(=O)[C@@H](NC(=O)OC)C(C)C)[nH]c5c4)ccc2-3)[nH]1. The highest BCUT2D eigenvalue weighted by Gasteiger charge is 2.55. The molecule has 15 heteroatoms. The van der Waals surface area contributed by atoms with Crippen molar-refractivity contribution in [2.75, 3.05) is 20.8 Å². The Morgan fingerprint density at radius 1 is 0.857 bits per heavy atom. The molecule has 2 aliphatic heterocycles. The number of ketones is 1. The number of hydrogen-bond donors (Lipinski definition) is 4. The zero-order valence-corrected chi connectivity index (χ0v) is 35.7. The van der Waals surface area contributed by atoms with Crippen molar-refractivity contribution in [1.29, 1.82) is 0 Å². The number of likely N-dealkylation sites (tertiary alicyclic amines) is 2. The lowest BCUT2D eigenvalue weighted by molar-refractivity contribution is -0.139. The average molecular weight is 851 g/mol. The third-order valence-electron chi connectivity index (χ3n) is 14.1. The van der Waals surface area contributed by atoms with Crippen LogP contribution in [-0.2, 0) is 19.1 Å². The molecule has 3 aliphatic carbocycles. The first-order valence-electron chi connectivity index (χ1n) is 21.7. The quantitative estimate of drug-likeness (QED) is 0.103. The summed E-state index contributed by atoms with van der Waals surface area (Å²) in [5, 5.41) is 5.33. The molecule has 4 fully saturated rings. The van der Waals surface area contributed by atoms with Gasteiger partial charge in [-0.2, -0.15) is 0 Å². The highest BCUT2D eigenvalue weighted by Crippen LogP contribution is 2.58. The number of alkyl carbamates (subject to hydrolysis) is 2. The molecule has 4 amide bonds. The van der Waals surface area contributed by atoms with Gasteiger partial charge < -0.3 is 39.9 Å². The zero-order valence-electron chi connectivity index (χ0n) is 35.7. The maximum Gasteiger partial charge on any atom is 0.407 e. The lowest BCUT2D eigenvalue weighted by Crippen LogP contribution is -2.54. The normalized spacial score (nSPS) is 22.3. The van der Waals surface area contributed by atoms with Gasteiger partial charge in [-0.15, -0.1) is 6.58 Å². The van der Waals surface area contributed by atoms with E-state index in [-0.39, 0.29) is 53.0 Å². The number of carbonyl (C=O) groups excluding carboxylic acids is 5. The highest BCUT2D eigenvalue weighted by molar-refractivity contribution is 6.22. The summed E-state index contributed by atoms with van der Waals surface area (Å²) in [5.41, 5.74) is 7.98. The van der Waals surface area contributed by atoms with Crippen LogP contribution in [0.25, 0.3) is 44.5 Å². The van der Waals surface area contributed by atoms with E-state index in [0.717, 1.165) is 88.9 Å². The van der Waals surface area contributed by atoms with Gasteiger partial charge in [-0.05, 0) is 102 Å². The van der Waals surface area contributed by atoms with Gasteiger partial charge in [0.05, 0.1) is 49.2 Å². The van der Waals surface area contributed by atoms with Crippen molar-refractivity contribution in [2.45, 2.75) is 82.6 Å². The Morgan fingerprint density at radius 2 is 1.54 bits per heavy atom. The van der Waals surface area contributed by atoms with E-state index in [1.54, 1.807) is 11.1 Å². The lowest BCUT2D eigenvalue weighted by Gasteiger charge is -2.37. The summed E-state index contributed by atoms with van der Waals surface area (Å²) in [6, 6.07) is 15.8. The first-order valence-corrected chi connectivity index (χ1v) is 21.7. The van der Waals surface area contributed by atoms with E-state index in [1.807, 2.05) is 73.3 Å². The smallest absolute Gasteiger partial charge is 0.407 e. The van der Waals surface area contributed by atoms with Crippen LogP contribution in [0.2, 0.25) is 0 Å². The molecule has 2 saturated carbocycles. The van der Waals surface area contributed by atoms with Gasteiger partial charge in [-0.1, -0.05) is 50.3 Å². The number of imidazole rings is 2. The van der Waals surface area contributed by atoms with E-state index in [2.05, 4.69) is 27.2 Å². The number of H-pyrrole nitrogens is 2. The molecule has 10 rings (SSSR count). The third kappa shape index (κ3) is 6.84.